The van der Waals surface area contributed by atoms with Crippen LogP contribution in [0.3, 0.4) is 0 Å². The number of fused-ring (bicyclic) bond motifs is 1. The maximum atomic E-state index is 15.1. The SMILES string of the molecule is CCOc1cc(F)c(Cn2nc(-c3nc(N)c(OCCOC)c(N(c4ccncn4)c4ccncn4)n3)c3ccccc32)c(F)c1. The number of ether oxygens (including phenoxy) is 3. The second-order valence-corrected chi connectivity index (χ2v) is 9.72. The summed E-state index contributed by atoms with van der Waals surface area (Å²) in [6.45, 7) is 2.22. The quantitative estimate of drug-likeness (QED) is 0.184. The Kier molecular flexibility index (Phi) is 8.82. The number of para-hydroxylation sites is 1. The van der Waals surface area contributed by atoms with Gasteiger partial charge in [-0.3, -0.25) is 9.58 Å². The number of aromatic nitrogens is 8. The van der Waals surface area contributed by atoms with E-state index in [4.69, 9.17) is 30.0 Å². The Morgan fingerprint density at radius 3 is 2.22 bits per heavy atom. The molecule has 0 bridgehead atoms. The smallest absolute Gasteiger partial charge is 0.205 e. The first-order valence-corrected chi connectivity index (χ1v) is 14.2. The third-order valence-electron chi connectivity index (χ3n) is 6.81. The van der Waals surface area contributed by atoms with Gasteiger partial charge in [-0.15, -0.1) is 0 Å². The van der Waals surface area contributed by atoms with E-state index >= 15 is 8.78 Å². The van der Waals surface area contributed by atoms with Gasteiger partial charge in [-0.1, -0.05) is 18.2 Å². The molecule has 0 aliphatic heterocycles. The van der Waals surface area contributed by atoms with Crippen LogP contribution in [0.5, 0.6) is 11.5 Å². The molecule has 0 aliphatic carbocycles. The summed E-state index contributed by atoms with van der Waals surface area (Å²) >= 11 is 0. The van der Waals surface area contributed by atoms with Crippen molar-refractivity contribution in [1.29, 1.82) is 0 Å². The van der Waals surface area contributed by atoms with Gasteiger partial charge >= 0.3 is 0 Å². The van der Waals surface area contributed by atoms with Gasteiger partial charge in [0.15, 0.2) is 17.5 Å². The fourth-order valence-electron chi connectivity index (χ4n) is 4.79. The summed E-state index contributed by atoms with van der Waals surface area (Å²) in [4.78, 5) is 27.9. The van der Waals surface area contributed by atoms with E-state index in [-0.39, 0.29) is 60.9 Å². The summed E-state index contributed by atoms with van der Waals surface area (Å²) in [5.41, 5.74) is 7.28. The molecule has 0 atom stereocenters. The minimum absolute atomic E-state index is 0.00597. The topological polar surface area (TPSA) is 152 Å². The minimum atomic E-state index is -0.754. The highest BCUT2D eigenvalue weighted by Gasteiger charge is 2.27. The number of hydrogen-bond donors (Lipinski definition) is 1. The first-order chi connectivity index (χ1) is 22.5. The van der Waals surface area contributed by atoms with E-state index in [1.807, 2.05) is 12.1 Å². The molecule has 46 heavy (non-hydrogen) atoms. The third kappa shape index (κ3) is 6.08. The van der Waals surface area contributed by atoms with E-state index in [0.717, 1.165) is 12.1 Å². The first kappa shape index (κ1) is 30.2. The molecule has 0 saturated carbocycles. The molecule has 0 fully saturated rings. The molecule has 0 radical (unpaired) electrons. The number of hydrogen-bond acceptors (Lipinski definition) is 12. The standard InChI is InChI=1S/C31H28F2N10O3/c1-3-45-19-14-22(32)21(23(33)15-19)16-42-24-7-5-4-6-20(24)27(41-42)30-39-29(34)28(46-13-12-44-2)31(40-30)43(25-8-10-35-17-37-25)26-9-11-36-18-38-26/h4-11,14-15,17-18H,3,12-13,16H2,1-2H3,(H2,34,39,40). The number of benzene rings is 2. The Hall–Kier alpha value is -5.83. The van der Waals surface area contributed by atoms with Crippen LogP contribution < -0.4 is 20.1 Å². The van der Waals surface area contributed by atoms with E-state index in [2.05, 4.69) is 24.9 Å². The summed E-state index contributed by atoms with van der Waals surface area (Å²) in [7, 11) is 1.55. The number of nitrogens with zero attached hydrogens (tertiary/aromatic N) is 9. The second-order valence-electron chi connectivity index (χ2n) is 9.72. The average Bonchev–Trinajstić information content (AvgIpc) is 3.43. The van der Waals surface area contributed by atoms with Crippen LogP contribution in [-0.4, -0.2) is 66.6 Å². The molecule has 0 amide bonds. The lowest BCUT2D eigenvalue weighted by molar-refractivity contribution is 0.146. The molecule has 4 heterocycles. The van der Waals surface area contributed by atoms with Crippen LogP contribution in [0, 0.1) is 11.6 Å². The molecule has 0 aliphatic rings. The maximum Gasteiger partial charge on any atom is 0.205 e. The highest BCUT2D eigenvalue weighted by Crippen LogP contribution is 2.41. The van der Waals surface area contributed by atoms with Crippen molar-refractivity contribution < 1.29 is 23.0 Å². The first-order valence-electron chi connectivity index (χ1n) is 14.2. The molecule has 2 N–H and O–H groups in total. The zero-order chi connectivity index (χ0) is 32.0. The number of methoxy groups -OCH3 is 1. The van der Waals surface area contributed by atoms with Crippen molar-refractivity contribution in [2.24, 2.45) is 0 Å². The fraction of sp³-hybridized carbons (Fsp3) is 0.194. The van der Waals surface area contributed by atoms with E-state index < -0.39 is 11.6 Å². The summed E-state index contributed by atoms with van der Waals surface area (Å²) in [6, 6.07) is 12.9. The Morgan fingerprint density at radius 1 is 0.891 bits per heavy atom. The molecular weight excluding hydrogens is 598 g/mol. The summed E-state index contributed by atoms with van der Waals surface area (Å²) in [6.07, 6.45) is 5.91. The van der Waals surface area contributed by atoms with Gasteiger partial charge < -0.3 is 19.9 Å². The molecule has 6 rings (SSSR count). The van der Waals surface area contributed by atoms with Crippen LogP contribution in [0.25, 0.3) is 22.4 Å². The fourth-order valence-corrected chi connectivity index (χ4v) is 4.79. The van der Waals surface area contributed by atoms with Gasteiger partial charge in [0.1, 0.15) is 54.0 Å². The third-order valence-corrected chi connectivity index (χ3v) is 6.81. The molecular formula is C31H28F2N10O3. The van der Waals surface area contributed by atoms with Crippen LogP contribution in [0.15, 0.2) is 73.6 Å². The van der Waals surface area contributed by atoms with Crippen LogP contribution in [0.2, 0.25) is 0 Å². The lowest BCUT2D eigenvalue weighted by Gasteiger charge is -2.24. The van der Waals surface area contributed by atoms with Gasteiger partial charge in [-0.25, -0.2) is 38.7 Å². The van der Waals surface area contributed by atoms with Crippen molar-refractivity contribution in [3.05, 3.63) is 90.8 Å². The van der Waals surface area contributed by atoms with Crippen molar-refractivity contribution in [2.45, 2.75) is 13.5 Å². The van der Waals surface area contributed by atoms with Crippen molar-refractivity contribution in [3.63, 3.8) is 0 Å². The summed E-state index contributed by atoms with van der Waals surface area (Å²) < 4.78 is 48.1. The van der Waals surface area contributed by atoms with Gasteiger partial charge in [-0.2, -0.15) is 5.10 Å². The van der Waals surface area contributed by atoms with Gasteiger partial charge in [0.05, 0.1) is 25.3 Å². The molecule has 0 spiro atoms. The normalized spacial score (nSPS) is 11.1. The monoisotopic (exact) mass is 626 g/mol. The van der Waals surface area contributed by atoms with Gasteiger partial charge in [-0.05, 0) is 25.1 Å². The van der Waals surface area contributed by atoms with E-state index in [1.54, 1.807) is 55.6 Å². The predicted octanol–water partition coefficient (Wildman–Crippen LogP) is 4.88. The van der Waals surface area contributed by atoms with Crippen LogP contribution in [0.4, 0.5) is 32.1 Å². The van der Waals surface area contributed by atoms with E-state index in [0.29, 0.717) is 28.2 Å². The highest BCUT2D eigenvalue weighted by atomic mass is 19.1. The molecule has 234 valence electrons. The average molecular weight is 627 g/mol. The maximum absolute atomic E-state index is 15.1. The van der Waals surface area contributed by atoms with Gasteiger partial charge in [0.25, 0.3) is 0 Å². The second kappa shape index (κ2) is 13.4. The number of rotatable bonds is 12. The Morgan fingerprint density at radius 2 is 1.59 bits per heavy atom. The van der Waals surface area contributed by atoms with Crippen molar-refractivity contribution in [2.75, 3.05) is 37.6 Å². The zero-order valence-corrected chi connectivity index (χ0v) is 24.8. The van der Waals surface area contributed by atoms with Crippen LogP contribution in [-0.2, 0) is 11.3 Å². The van der Waals surface area contributed by atoms with Crippen LogP contribution >= 0.6 is 0 Å². The molecule has 6 aromatic rings. The number of nitrogens with two attached hydrogens (primary N) is 1. The lowest BCUT2D eigenvalue weighted by atomic mass is 10.1. The zero-order valence-electron chi connectivity index (χ0n) is 24.8. The van der Waals surface area contributed by atoms with E-state index in [1.165, 1.54) is 17.3 Å². The Bertz CT molecular complexity index is 1900. The van der Waals surface area contributed by atoms with Crippen molar-refractivity contribution in [1.82, 2.24) is 39.7 Å². The Balaban J connectivity index is 1.52. The summed E-state index contributed by atoms with van der Waals surface area (Å²) in [5.74, 6) is -0.0939. The number of halogens is 2. The summed E-state index contributed by atoms with van der Waals surface area (Å²) in [5, 5.41) is 5.36. The molecule has 13 nitrogen and oxygen atoms in total. The van der Waals surface area contributed by atoms with Crippen LogP contribution in [0.1, 0.15) is 12.5 Å². The van der Waals surface area contributed by atoms with E-state index in [9.17, 15) is 0 Å². The molecule has 4 aromatic heterocycles. The molecule has 0 unspecified atom stereocenters. The lowest BCUT2D eigenvalue weighted by Crippen LogP contribution is -2.19. The molecule has 0 saturated heterocycles. The van der Waals surface area contributed by atoms with Gasteiger partial charge in [0, 0.05) is 42.6 Å². The minimum Gasteiger partial charge on any atom is -0.494 e. The highest BCUT2D eigenvalue weighted by molar-refractivity contribution is 5.92. The van der Waals surface area contributed by atoms with Gasteiger partial charge in [0.2, 0.25) is 5.75 Å². The van der Waals surface area contributed by atoms with Crippen molar-refractivity contribution in [3.8, 4) is 23.0 Å². The number of anilines is 4. The Labute approximate surface area is 261 Å². The number of nitrogen functional groups attached to an aromatic ring is 1. The predicted molar refractivity (Wildman–Crippen MR) is 165 cm³/mol. The molecule has 2 aromatic carbocycles. The molecule has 15 heteroatoms. The van der Waals surface area contributed by atoms with Crippen molar-refractivity contribution >= 4 is 34.2 Å². The largest absolute Gasteiger partial charge is 0.494 e.